The van der Waals surface area contributed by atoms with Crippen molar-refractivity contribution < 1.29 is 35.3 Å². The molecule has 105 heavy (non-hydrogen) atoms. The first-order valence-corrected chi connectivity index (χ1v) is 37.4. The van der Waals surface area contributed by atoms with Crippen LogP contribution in [0.1, 0.15) is 0 Å². The first kappa shape index (κ1) is 56.8. The number of fused-ring (bicyclic) bond motifs is 24. The molecule has 0 amide bonds. The molecule has 24 aromatic rings. The van der Waals surface area contributed by atoms with Crippen molar-refractivity contribution in [3.05, 3.63) is 315 Å². The van der Waals surface area contributed by atoms with E-state index in [0.717, 1.165) is 241 Å². The van der Waals surface area contributed by atoms with Gasteiger partial charge in [0.25, 0.3) is 0 Å². The fourth-order valence-corrected chi connectivity index (χ4v) is 22.1. The van der Waals surface area contributed by atoms with Gasteiger partial charge in [0.2, 0.25) is 0 Å². The second-order valence-electron chi connectivity index (χ2n) is 28.1. The van der Waals surface area contributed by atoms with Crippen molar-refractivity contribution in [1.82, 2.24) is 0 Å². The third-order valence-electron chi connectivity index (χ3n) is 22.4. The number of furan rings is 8. The van der Waals surface area contributed by atoms with E-state index in [-0.39, 0.29) is 0 Å². The van der Waals surface area contributed by atoms with Crippen molar-refractivity contribution in [2.45, 2.75) is 0 Å². The van der Waals surface area contributed by atoms with E-state index in [0.29, 0.717) is 0 Å². The molecule has 0 saturated heterocycles. The van der Waals surface area contributed by atoms with Gasteiger partial charge in [-0.1, -0.05) is 194 Å². The van der Waals surface area contributed by atoms with Gasteiger partial charge in [-0.15, -0.1) is 0 Å². The van der Waals surface area contributed by atoms with Gasteiger partial charge in [-0.25, -0.2) is 0 Å². The van der Waals surface area contributed by atoms with Crippen LogP contribution in [0, 0.1) is 0 Å². The zero-order chi connectivity index (χ0) is 68.3. The molecule has 24 rings (SSSR count). The fraction of sp³-hybridized carbons (Fsp3) is 0. The maximum atomic E-state index is 7.03. The Morgan fingerprint density at radius 1 is 0.124 bits per heavy atom. The SMILES string of the molecule is c1ccc(-c2ccc3oc4cc5c(cc4c3c2)oc2ccc([Si](c3ccc4oc6cc7c(cc6c4c3)oc3ccc(-c4ccccc4)cc37)(c3ccc4oc6cc7c(cc6c4c3)oc3ccc(-c4ccccc4)cc37)c3ccc4oc6cc7c(cc6c4c3)oc3ccc(-c4ccccc4)cc37)cc25)cc1. The highest BCUT2D eigenvalue weighted by atomic mass is 28.3. The summed E-state index contributed by atoms with van der Waals surface area (Å²) in [6.07, 6.45) is 0. The highest BCUT2D eigenvalue weighted by Crippen LogP contribution is 2.45. The van der Waals surface area contributed by atoms with Crippen LogP contribution in [0.4, 0.5) is 0 Å². The molecule has 0 spiro atoms. The summed E-state index contributed by atoms with van der Waals surface area (Å²) in [6, 6.07) is 113. The average Bonchev–Trinajstić information content (AvgIpc) is 1.67. The minimum Gasteiger partial charge on any atom is -0.456 e. The normalized spacial score (nSPS) is 12.6. The molecule has 0 unspecified atom stereocenters. The quantitative estimate of drug-likeness (QED) is 0.109. The Labute approximate surface area is 595 Å². The smallest absolute Gasteiger partial charge is 0.179 e. The lowest BCUT2D eigenvalue weighted by atomic mass is 10.0. The first-order valence-electron chi connectivity index (χ1n) is 35.4. The second kappa shape index (κ2) is 21.1. The minimum absolute atomic E-state index is 0.768. The number of benzene rings is 16. The number of hydrogen-bond donors (Lipinski definition) is 0. The Hall–Kier alpha value is -13.9. The van der Waals surface area contributed by atoms with E-state index in [1.807, 2.05) is 24.3 Å². The van der Waals surface area contributed by atoms with E-state index < -0.39 is 8.07 Å². The molecule has 8 nitrogen and oxygen atoms in total. The molecule has 0 N–H and O–H groups in total. The standard InChI is InChI=1S/C96H52O8Si/c1-5-13-53(14-6-1)57-21-29-81-65(37-57)73-45-93-77(49-89(73)97-81)69-41-61(25-33-85(69)101-93)105(62-26-34-86-70(42-62)78-50-90-74(46-94(78)102-86)66-38-58(22-30-82(66)98-90)54-15-7-2-8-16-54,63-27-35-87-71(43-63)79-51-91-75(47-95(79)103-87)67-39-59(23-31-83(67)99-91)55-17-9-3-10-18-55)64-28-36-88-72(44-64)80-52-92-76(48-96(80)104-88)68-40-60(24-32-84(68)100-92)56-19-11-4-12-20-56/h1-52H. The van der Waals surface area contributed by atoms with Crippen molar-refractivity contribution in [1.29, 1.82) is 0 Å². The lowest BCUT2D eigenvalue weighted by molar-refractivity contribution is 0.664. The van der Waals surface area contributed by atoms with Gasteiger partial charge in [0.1, 0.15) is 89.3 Å². The van der Waals surface area contributed by atoms with Gasteiger partial charge in [0, 0.05) is 86.2 Å². The Balaban J connectivity index is 0.772. The summed E-state index contributed by atoms with van der Waals surface area (Å²) in [5, 5.41) is 20.3. The molecule has 16 aromatic carbocycles. The lowest BCUT2D eigenvalue weighted by Gasteiger charge is -2.34. The summed E-state index contributed by atoms with van der Waals surface area (Å²) < 4.78 is 55.3. The summed E-state index contributed by atoms with van der Waals surface area (Å²) in [5.41, 5.74) is 21.6. The largest absolute Gasteiger partial charge is 0.456 e. The molecule has 0 fully saturated rings. The fourth-order valence-electron chi connectivity index (χ4n) is 17.4. The monoisotopic (exact) mass is 1360 g/mol. The summed E-state index contributed by atoms with van der Waals surface area (Å²) in [5.74, 6) is 0. The predicted octanol–water partition coefficient (Wildman–Crippen LogP) is 24.9. The van der Waals surface area contributed by atoms with Crippen molar-refractivity contribution in [2.24, 2.45) is 0 Å². The summed E-state index contributed by atoms with van der Waals surface area (Å²) >= 11 is 0. The van der Waals surface area contributed by atoms with Gasteiger partial charge in [-0.2, -0.15) is 0 Å². The molecular weight excluding hydrogens is 1310 g/mol. The van der Waals surface area contributed by atoms with Crippen LogP contribution in [-0.4, -0.2) is 8.07 Å². The van der Waals surface area contributed by atoms with Gasteiger partial charge in [0.15, 0.2) is 8.07 Å². The van der Waals surface area contributed by atoms with Crippen molar-refractivity contribution in [2.75, 3.05) is 0 Å². The van der Waals surface area contributed by atoms with Crippen LogP contribution in [0.15, 0.2) is 351 Å². The summed E-state index contributed by atoms with van der Waals surface area (Å²) in [4.78, 5) is 0. The summed E-state index contributed by atoms with van der Waals surface area (Å²) in [7, 11) is -3.75. The molecule has 0 saturated carbocycles. The van der Waals surface area contributed by atoms with Crippen LogP contribution >= 0.6 is 0 Å². The molecule has 0 bridgehead atoms. The average molecular weight is 1360 g/mol. The number of hydrogen-bond acceptors (Lipinski definition) is 8. The van der Waals surface area contributed by atoms with Crippen LogP contribution in [0.25, 0.3) is 220 Å². The third kappa shape index (κ3) is 8.32. The lowest BCUT2D eigenvalue weighted by Crippen LogP contribution is -2.74. The van der Waals surface area contributed by atoms with Crippen LogP contribution in [0.5, 0.6) is 0 Å². The van der Waals surface area contributed by atoms with Crippen LogP contribution in [0.2, 0.25) is 0 Å². The van der Waals surface area contributed by atoms with Crippen LogP contribution in [-0.2, 0) is 0 Å². The maximum absolute atomic E-state index is 7.03. The van der Waals surface area contributed by atoms with Crippen molar-refractivity contribution in [3.63, 3.8) is 0 Å². The Bertz CT molecular complexity index is 6900. The first-order chi connectivity index (χ1) is 51.9. The summed E-state index contributed by atoms with van der Waals surface area (Å²) in [6.45, 7) is 0. The number of rotatable bonds is 8. The second-order valence-corrected chi connectivity index (χ2v) is 31.9. The Morgan fingerprint density at radius 3 is 0.476 bits per heavy atom. The maximum Gasteiger partial charge on any atom is 0.179 e. The van der Waals surface area contributed by atoms with Crippen molar-refractivity contribution in [3.8, 4) is 44.5 Å². The van der Waals surface area contributed by atoms with E-state index in [1.165, 1.54) is 0 Å². The van der Waals surface area contributed by atoms with Gasteiger partial charge >= 0.3 is 0 Å². The predicted molar refractivity (Wildman–Crippen MR) is 430 cm³/mol. The zero-order valence-corrected chi connectivity index (χ0v) is 56.8. The Morgan fingerprint density at radius 2 is 0.286 bits per heavy atom. The molecule has 0 aliphatic rings. The molecule has 0 aliphatic heterocycles. The van der Waals surface area contributed by atoms with Crippen LogP contribution < -0.4 is 20.7 Å². The van der Waals surface area contributed by atoms with Gasteiger partial charge in [0.05, 0.1) is 0 Å². The van der Waals surface area contributed by atoms with E-state index in [1.54, 1.807) is 0 Å². The molecule has 9 heteroatoms. The van der Waals surface area contributed by atoms with Gasteiger partial charge in [-0.3, -0.25) is 0 Å². The molecule has 8 heterocycles. The van der Waals surface area contributed by atoms with E-state index in [4.69, 9.17) is 35.3 Å². The molecule has 488 valence electrons. The molecular formula is C96H52O8Si. The third-order valence-corrected chi connectivity index (χ3v) is 27.1. The van der Waals surface area contributed by atoms with Crippen LogP contribution in [0.3, 0.4) is 0 Å². The molecule has 0 radical (unpaired) electrons. The highest BCUT2D eigenvalue weighted by molar-refractivity contribution is 7.20. The minimum atomic E-state index is -3.75. The van der Waals surface area contributed by atoms with Crippen molar-refractivity contribution >= 4 is 204 Å². The van der Waals surface area contributed by atoms with Gasteiger partial charge < -0.3 is 35.3 Å². The van der Waals surface area contributed by atoms with E-state index in [2.05, 4.69) is 291 Å². The van der Waals surface area contributed by atoms with Gasteiger partial charge in [-0.05, 0) is 187 Å². The topological polar surface area (TPSA) is 105 Å². The molecule has 0 atom stereocenters. The zero-order valence-electron chi connectivity index (χ0n) is 55.8. The highest BCUT2D eigenvalue weighted by Gasteiger charge is 2.43. The van der Waals surface area contributed by atoms with E-state index >= 15 is 0 Å². The Kier molecular flexibility index (Phi) is 11.4. The molecule has 8 aromatic heterocycles. The molecule has 0 aliphatic carbocycles. The van der Waals surface area contributed by atoms with E-state index in [9.17, 15) is 0 Å².